The van der Waals surface area contributed by atoms with Gasteiger partial charge in [-0.2, -0.15) is 0 Å². The summed E-state index contributed by atoms with van der Waals surface area (Å²) in [4.78, 5) is 8.60. The summed E-state index contributed by atoms with van der Waals surface area (Å²) in [5.41, 5.74) is 0.960. The fourth-order valence-electron chi connectivity index (χ4n) is 0.729. The number of nitrogens with zero attached hydrogens (tertiary/aromatic N) is 1. The van der Waals surface area contributed by atoms with Crippen LogP contribution < -0.4 is 5.90 Å². The molecule has 1 aromatic rings. The van der Waals surface area contributed by atoms with Crippen molar-refractivity contribution in [2.45, 2.75) is 13.0 Å². The molecule has 0 aliphatic heterocycles. The van der Waals surface area contributed by atoms with Gasteiger partial charge in [-0.1, -0.05) is 0 Å². The molecule has 1 aromatic heterocycles. The molecule has 1 unspecified atom stereocenters. The molecular weight excluding hydrogens is 208 g/mol. The average Bonchev–Trinajstić information content (AvgIpc) is 2.03. The lowest BCUT2D eigenvalue weighted by Gasteiger charge is -2.07. The molecule has 1 atom stereocenters. The Balaban J connectivity index is 2.86. The van der Waals surface area contributed by atoms with Crippen molar-refractivity contribution in [1.29, 1.82) is 0 Å². The highest BCUT2D eigenvalue weighted by Gasteiger charge is 2.03. The largest absolute Gasteiger partial charge is 0.297 e. The van der Waals surface area contributed by atoms with Gasteiger partial charge in [0, 0.05) is 22.4 Å². The lowest BCUT2D eigenvalue weighted by Crippen LogP contribution is -2.05. The summed E-state index contributed by atoms with van der Waals surface area (Å²) in [5, 5.41) is 0. The zero-order chi connectivity index (χ0) is 8.27. The quantitative estimate of drug-likeness (QED) is 0.768. The fraction of sp³-hybridized carbons (Fsp3) is 0.286. The summed E-state index contributed by atoms with van der Waals surface area (Å²) in [6.45, 7) is 1.86. The van der Waals surface area contributed by atoms with E-state index in [2.05, 4.69) is 25.8 Å². The van der Waals surface area contributed by atoms with Gasteiger partial charge in [-0.3, -0.25) is 9.82 Å². The van der Waals surface area contributed by atoms with Gasteiger partial charge < -0.3 is 0 Å². The van der Waals surface area contributed by atoms with Gasteiger partial charge in [0.05, 0.1) is 0 Å². The van der Waals surface area contributed by atoms with Crippen LogP contribution in [0.15, 0.2) is 22.9 Å². The normalized spacial score (nSPS) is 13.0. The molecule has 11 heavy (non-hydrogen) atoms. The van der Waals surface area contributed by atoms with E-state index in [1.165, 1.54) is 0 Å². The zero-order valence-electron chi connectivity index (χ0n) is 6.12. The van der Waals surface area contributed by atoms with Crippen molar-refractivity contribution in [3.05, 3.63) is 28.5 Å². The molecule has 60 valence electrons. The van der Waals surface area contributed by atoms with Gasteiger partial charge in [0.15, 0.2) is 0 Å². The molecule has 0 bridgehead atoms. The number of aromatic nitrogens is 1. The maximum Gasteiger partial charge on any atom is 0.102 e. The minimum absolute atomic E-state index is 0.111. The van der Waals surface area contributed by atoms with E-state index in [4.69, 9.17) is 5.90 Å². The van der Waals surface area contributed by atoms with Crippen LogP contribution in [0.5, 0.6) is 0 Å². The molecule has 4 heteroatoms. The minimum atomic E-state index is -0.111. The van der Waals surface area contributed by atoms with Gasteiger partial charge in [0.2, 0.25) is 0 Å². The molecule has 0 amide bonds. The monoisotopic (exact) mass is 216 g/mol. The second-order valence-corrected chi connectivity index (χ2v) is 3.13. The molecule has 0 aliphatic rings. The van der Waals surface area contributed by atoms with Crippen LogP contribution in [0, 0.1) is 0 Å². The molecule has 1 heterocycles. The van der Waals surface area contributed by atoms with E-state index in [1.54, 1.807) is 12.4 Å². The summed E-state index contributed by atoms with van der Waals surface area (Å²) in [6.07, 6.45) is 3.33. The molecule has 0 saturated heterocycles. The lowest BCUT2D eigenvalue weighted by atomic mass is 10.2. The number of pyridine rings is 1. The van der Waals surface area contributed by atoms with Crippen LogP contribution in [0.4, 0.5) is 0 Å². The minimum Gasteiger partial charge on any atom is -0.297 e. The molecule has 0 fully saturated rings. The highest BCUT2D eigenvalue weighted by Crippen LogP contribution is 2.17. The Morgan fingerprint density at radius 3 is 2.91 bits per heavy atom. The van der Waals surface area contributed by atoms with Gasteiger partial charge in [-0.05, 0) is 28.9 Å². The Labute approximate surface area is 73.7 Å². The Hall–Kier alpha value is -0.450. The maximum absolute atomic E-state index is 5.01. The van der Waals surface area contributed by atoms with Crippen molar-refractivity contribution in [3.63, 3.8) is 0 Å². The zero-order valence-corrected chi connectivity index (χ0v) is 7.71. The molecule has 0 aromatic carbocycles. The van der Waals surface area contributed by atoms with Gasteiger partial charge in [-0.15, -0.1) is 0 Å². The third-order valence-corrected chi connectivity index (χ3v) is 1.83. The molecule has 0 radical (unpaired) electrons. The van der Waals surface area contributed by atoms with E-state index in [0.29, 0.717) is 0 Å². The van der Waals surface area contributed by atoms with Crippen molar-refractivity contribution in [1.82, 2.24) is 4.98 Å². The van der Waals surface area contributed by atoms with Crippen LogP contribution in [-0.4, -0.2) is 4.98 Å². The van der Waals surface area contributed by atoms with Gasteiger partial charge in [0.25, 0.3) is 0 Å². The number of halogens is 1. The third-order valence-electron chi connectivity index (χ3n) is 1.40. The molecule has 3 nitrogen and oxygen atoms in total. The second kappa shape index (κ2) is 3.80. The first-order chi connectivity index (χ1) is 5.24. The van der Waals surface area contributed by atoms with Gasteiger partial charge >= 0.3 is 0 Å². The molecule has 0 spiro atoms. The molecule has 2 N–H and O–H groups in total. The standard InChI is InChI=1S/C7H9BrN2O/c1-5(11-9)6-2-7(8)4-10-3-6/h2-5H,9H2,1H3. The average molecular weight is 217 g/mol. The number of hydrogen-bond acceptors (Lipinski definition) is 3. The number of hydrogen-bond donors (Lipinski definition) is 1. The van der Waals surface area contributed by atoms with E-state index < -0.39 is 0 Å². The first kappa shape index (κ1) is 8.64. The molecular formula is C7H9BrN2O. The van der Waals surface area contributed by atoms with Crippen LogP contribution in [-0.2, 0) is 4.84 Å². The van der Waals surface area contributed by atoms with Crippen molar-refractivity contribution < 1.29 is 4.84 Å². The van der Waals surface area contributed by atoms with Gasteiger partial charge in [-0.25, -0.2) is 5.90 Å². The van der Waals surface area contributed by atoms with E-state index in [9.17, 15) is 0 Å². The number of rotatable bonds is 2. The Morgan fingerprint density at radius 1 is 1.64 bits per heavy atom. The second-order valence-electron chi connectivity index (χ2n) is 2.21. The SMILES string of the molecule is CC(ON)c1cncc(Br)c1. The predicted octanol–water partition coefficient (Wildman–Crippen LogP) is 1.80. The first-order valence-electron chi connectivity index (χ1n) is 3.20. The smallest absolute Gasteiger partial charge is 0.102 e. The van der Waals surface area contributed by atoms with Crippen LogP contribution >= 0.6 is 15.9 Å². The molecule has 0 aliphatic carbocycles. The van der Waals surface area contributed by atoms with Crippen molar-refractivity contribution in [2.24, 2.45) is 5.90 Å². The van der Waals surface area contributed by atoms with E-state index in [1.807, 2.05) is 13.0 Å². The van der Waals surface area contributed by atoms with Crippen LogP contribution in [0.2, 0.25) is 0 Å². The van der Waals surface area contributed by atoms with Crippen LogP contribution in [0.25, 0.3) is 0 Å². The summed E-state index contributed by atoms with van der Waals surface area (Å²) in [6, 6.07) is 1.92. The summed E-state index contributed by atoms with van der Waals surface area (Å²) >= 11 is 3.30. The Kier molecular flexibility index (Phi) is 2.99. The summed E-state index contributed by atoms with van der Waals surface area (Å²) in [5.74, 6) is 5.01. The maximum atomic E-state index is 5.01. The van der Waals surface area contributed by atoms with E-state index in [-0.39, 0.29) is 6.10 Å². The number of nitrogens with two attached hydrogens (primary N) is 1. The van der Waals surface area contributed by atoms with Gasteiger partial charge in [0.1, 0.15) is 6.10 Å². The molecule has 0 saturated carbocycles. The fourth-order valence-corrected chi connectivity index (χ4v) is 1.11. The predicted molar refractivity (Wildman–Crippen MR) is 45.6 cm³/mol. The Bertz CT molecular complexity index is 242. The molecule has 1 rings (SSSR count). The summed E-state index contributed by atoms with van der Waals surface area (Å²) < 4.78 is 0.930. The van der Waals surface area contributed by atoms with Crippen molar-refractivity contribution in [2.75, 3.05) is 0 Å². The first-order valence-corrected chi connectivity index (χ1v) is 3.99. The van der Waals surface area contributed by atoms with Crippen LogP contribution in [0.1, 0.15) is 18.6 Å². The summed E-state index contributed by atoms with van der Waals surface area (Å²) in [7, 11) is 0. The Morgan fingerprint density at radius 2 is 2.36 bits per heavy atom. The highest BCUT2D eigenvalue weighted by atomic mass is 79.9. The van der Waals surface area contributed by atoms with Crippen molar-refractivity contribution >= 4 is 15.9 Å². The topological polar surface area (TPSA) is 48.1 Å². The van der Waals surface area contributed by atoms with Crippen LogP contribution in [0.3, 0.4) is 0 Å². The van der Waals surface area contributed by atoms with E-state index >= 15 is 0 Å². The van der Waals surface area contributed by atoms with Crippen molar-refractivity contribution in [3.8, 4) is 0 Å². The lowest BCUT2D eigenvalue weighted by molar-refractivity contribution is 0.0661. The highest BCUT2D eigenvalue weighted by molar-refractivity contribution is 9.10. The third kappa shape index (κ3) is 2.25. The van der Waals surface area contributed by atoms with E-state index in [0.717, 1.165) is 10.0 Å².